The lowest BCUT2D eigenvalue weighted by molar-refractivity contribution is -0.116. The van der Waals surface area contributed by atoms with Crippen molar-refractivity contribution in [3.63, 3.8) is 0 Å². The van der Waals surface area contributed by atoms with Crippen molar-refractivity contribution in [2.45, 2.75) is 20.3 Å². The molecule has 0 aliphatic heterocycles. The van der Waals surface area contributed by atoms with Crippen molar-refractivity contribution in [2.75, 3.05) is 0 Å². The van der Waals surface area contributed by atoms with Crippen LogP contribution in [-0.4, -0.2) is 15.8 Å². The van der Waals surface area contributed by atoms with Gasteiger partial charge in [0.15, 0.2) is 0 Å². The second-order valence-corrected chi connectivity index (χ2v) is 3.43. The Morgan fingerprint density at radius 3 is 2.15 bits per heavy atom. The van der Waals surface area contributed by atoms with E-state index in [1.165, 1.54) is 6.92 Å². The van der Waals surface area contributed by atoms with Crippen LogP contribution in [0.5, 0.6) is 0 Å². The predicted molar refractivity (Wildman–Crippen MR) is 51.2 cm³/mol. The zero-order chi connectivity index (χ0) is 10.0. The van der Waals surface area contributed by atoms with Crippen molar-refractivity contribution in [3.8, 4) is 0 Å². The second-order valence-electron chi connectivity index (χ2n) is 2.71. The molecule has 0 aromatic carbocycles. The number of rotatable bonds is 2. The molecular weight excluding hydrogens is 211 g/mol. The van der Waals surface area contributed by atoms with E-state index in [2.05, 4.69) is 9.97 Å². The molecule has 1 rings (SSSR count). The number of Topliss-reactive ketones (excluding diaryl/α,β-unsaturated/α-hetero) is 1. The summed E-state index contributed by atoms with van der Waals surface area (Å²) in [7, 11) is 0. The summed E-state index contributed by atoms with van der Waals surface area (Å²) in [5.74, 6) is 0.485. The van der Waals surface area contributed by atoms with Gasteiger partial charge < -0.3 is 0 Å². The number of hydrogen-bond acceptors (Lipinski definition) is 3. The minimum atomic E-state index is -0.0174. The fourth-order valence-electron chi connectivity index (χ4n) is 0.924. The molecule has 13 heavy (non-hydrogen) atoms. The van der Waals surface area contributed by atoms with Crippen LogP contribution in [-0.2, 0) is 11.2 Å². The second kappa shape index (κ2) is 4.03. The number of halogens is 2. The van der Waals surface area contributed by atoms with Gasteiger partial charge in [-0.2, -0.15) is 0 Å². The Hall–Kier alpha value is -0.670. The average Bonchev–Trinajstić information content (AvgIpc) is 1.96. The van der Waals surface area contributed by atoms with Gasteiger partial charge in [0.2, 0.25) is 0 Å². The van der Waals surface area contributed by atoms with Crippen molar-refractivity contribution in [3.05, 3.63) is 21.7 Å². The summed E-state index contributed by atoms with van der Waals surface area (Å²) in [6, 6.07) is 0. The zero-order valence-electron chi connectivity index (χ0n) is 7.27. The molecule has 0 saturated heterocycles. The van der Waals surface area contributed by atoms with E-state index < -0.39 is 0 Å². The van der Waals surface area contributed by atoms with Crippen LogP contribution in [0.15, 0.2) is 0 Å². The van der Waals surface area contributed by atoms with Crippen LogP contribution >= 0.6 is 23.2 Å². The SMILES string of the molecule is CC(=O)Cc1c(Cl)nc(C)nc1Cl. The third-order valence-corrected chi connectivity index (χ3v) is 2.07. The fourth-order valence-corrected chi connectivity index (χ4v) is 1.53. The molecule has 0 bridgehead atoms. The lowest BCUT2D eigenvalue weighted by Gasteiger charge is -2.03. The molecule has 1 heterocycles. The van der Waals surface area contributed by atoms with Crippen molar-refractivity contribution < 1.29 is 4.79 Å². The molecule has 5 heteroatoms. The Morgan fingerprint density at radius 1 is 1.31 bits per heavy atom. The van der Waals surface area contributed by atoms with Gasteiger partial charge in [-0.05, 0) is 13.8 Å². The van der Waals surface area contributed by atoms with Gasteiger partial charge in [0.1, 0.15) is 21.9 Å². The van der Waals surface area contributed by atoms with Crippen LogP contribution in [0.4, 0.5) is 0 Å². The Labute approximate surface area is 86.1 Å². The topological polar surface area (TPSA) is 42.9 Å². The maximum absolute atomic E-state index is 10.8. The summed E-state index contributed by atoms with van der Waals surface area (Å²) in [4.78, 5) is 18.6. The molecule has 0 fully saturated rings. The molecule has 3 nitrogen and oxygen atoms in total. The van der Waals surface area contributed by atoms with Crippen LogP contribution in [0, 0.1) is 6.92 Å². The first-order valence-electron chi connectivity index (χ1n) is 3.68. The third kappa shape index (κ3) is 2.64. The lowest BCUT2D eigenvalue weighted by atomic mass is 10.2. The summed E-state index contributed by atoms with van der Waals surface area (Å²) in [6.07, 6.45) is 0.179. The normalized spacial score (nSPS) is 10.2. The number of carbonyl (C=O) groups is 1. The number of carbonyl (C=O) groups excluding carboxylic acids is 1. The summed E-state index contributed by atoms with van der Waals surface area (Å²) < 4.78 is 0. The first-order valence-corrected chi connectivity index (χ1v) is 4.44. The molecule has 70 valence electrons. The number of nitrogens with zero attached hydrogens (tertiary/aromatic N) is 2. The monoisotopic (exact) mass is 218 g/mol. The molecule has 1 aromatic rings. The molecule has 0 amide bonds. The highest BCUT2D eigenvalue weighted by Gasteiger charge is 2.11. The van der Waals surface area contributed by atoms with E-state index in [1.807, 2.05) is 0 Å². The van der Waals surface area contributed by atoms with Gasteiger partial charge in [-0.15, -0.1) is 0 Å². The molecule has 0 N–H and O–H groups in total. The summed E-state index contributed by atoms with van der Waals surface area (Å²) in [5.41, 5.74) is 0.501. The van der Waals surface area contributed by atoms with E-state index in [-0.39, 0.29) is 22.5 Å². The Kier molecular flexibility index (Phi) is 3.22. The van der Waals surface area contributed by atoms with Gasteiger partial charge in [-0.1, -0.05) is 23.2 Å². The largest absolute Gasteiger partial charge is 0.300 e. The van der Waals surface area contributed by atoms with Crippen molar-refractivity contribution in [1.82, 2.24) is 9.97 Å². The van der Waals surface area contributed by atoms with Gasteiger partial charge in [0.05, 0.1) is 0 Å². The van der Waals surface area contributed by atoms with Crippen LogP contribution in [0.2, 0.25) is 10.3 Å². The Morgan fingerprint density at radius 2 is 1.77 bits per heavy atom. The predicted octanol–water partition coefficient (Wildman–Crippen LogP) is 2.22. The standard InChI is InChI=1S/C8H8Cl2N2O/c1-4(13)3-6-7(9)11-5(2)12-8(6)10/h3H2,1-2H3. The van der Waals surface area contributed by atoms with Crippen molar-refractivity contribution in [1.29, 1.82) is 0 Å². The molecule has 0 aliphatic carbocycles. The highest BCUT2D eigenvalue weighted by molar-refractivity contribution is 6.34. The van der Waals surface area contributed by atoms with Crippen LogP contribution in [0.3, 0.4) is 0 Å². The maximum Gasteiger partial charge on any atom is 0.137 e. The Bertz CT molecular complexity index is 329. The molecule has 0 aliphatic rings. The summed E-state index contributed by atoms with van der Waals surface area (Å²) in [5, 5.41) is 0.514. The van der Waals surface area contributed by atoms with E-state index in [1.54, 1.807) is 6.92 Å². The molecule has 1 aromatic heterocycles. The number of aromatic nitrogens is 2. The molecule has 0 saturated carbocycles. The lowest BCUT2D eigenvalue weighted by Crippen LogP contribution is -2.02. The summed E-state index contributed by atoms with van der Waals surface area (Å²) in [6.45, 7) is 3.15. The van der Waals surface area contributed by atoms with Gasteiger partial charge in [-0.3, -0.25) is 4.79 Å². The van der Waals surface area contributed by atoms with E-state index in [9.17, 15) is 4.79 Å². The van der Waals surface area contributed by atoms with E-state index in [0.29, 0.717) is 11.4 Å². The first kappa shape index (κ1) is 10.4. The van der Waals surface area contributed by atoms with E-state index in [0.717, 1.165) is 0 Å². The first-order chi connectivity index (χ1) is 6.00. The molecule has 0 unspecified atom stereocenters. The molecule has 0 spiro atoms. The van der Waals surface area contributed by atoms with Gasteiger partial charge in [0.25, 0.3) is 0 Å². The number of aryl methyl sites for hydroxylation is 1. The quantitative estimate of drug-likeness (QED) is 0.716. The smallest absolute Gasteiger partial charge is 0.137 e. The molecule has 0 atom stereocenters. The highest BCUT2D eigenvalue weighted by atomic mass is 35.5. The van der Waals surface area contributed by atoms with Crippen LogP contribution in [0.25, 0.3) is 0 Å². The number of ketones is 1. The maximum atomic E-state index is 10.8. The Balaban J connectivity index is 3.13. The van der Waals surface area contributed by atoms with Gasteiger partial charge in [0, 0.05) is 12.0 Å². The molecule has 0 radical (unpaired) electrons. The van der Waals surface area contributed by atoms with Crippen molar-refractivity contribution >= 4 is 29.0 Å². The minimum Gasteiger partial charge on any atom is -0.300 e. The van der Waals surface area contributed by atoms with E-state index in [4.69, 9.17) is 23.2 Å². The zero-order valence-corrected chi connectivity index (χ0v) is 8.78. The van der Waals surface area contributed by atoms with Gasteiger partial charge >= 0.3 is 0 Å². The highest BCUT2D eigenvalue weighted by Crippen LogP contribution is 2.21. The average molecular weight is 219 g/mol. The minimum absolute atomic E-state index is 0.0174. The van der Waals surface area contributed by atoms with Gasteiger partial charge in [-0.25, -0.2) is 9.97 Å². The molecular formula is C8H8Cl2N2O. The number of hydrogen-bond donors (Lipinski definition) is 0. The summed E-state index contributed by atoms with van der Waals surface area (Å²) >= 11 is 11.6. The van der Waals surface area contributed by atoms with E-state index >= 15 is 0 Å². The fraction of sp³-hybridized carbons (Fsp3) is 0.375. The van der Waals surface area contributed by atoms with Crippen LogP contribution < -0.4 is 0 Å². The van der Waals surface area contributed by atoms with Crippen molar-refractivity contribution in [2.24, 2.45) is 0 Å². The third-order valence-electron chi connectivity index (χ3n) is 1.44. The van der Waals surface area contributed by atoms with Crippen LogP contribution in [0.1, 0.15) is 18.3 Å².